The van der Waals surface area contributed by atoms with Gasteiger partial charge >= 0.3 is 0 Å². The normalized spacial score (nSPS) is 11.2. The van der Waals surface area contributed by atoms with Crippen LogP contribution >= 0.6 is 0 Å². The molecule has 0 saturated carbocycles. The first-order valence-electron chi connectivity index (χ1n) is 7.57. The van der Waals surface area contributed by atoms with Gasteiger partial charge in [0.05, 0.1) is 10.9 Å². The van der Waals surface area contributed by atoms with Crippen molar-refractivity contribution < 1.29 is 0 Å². The summed E-state index contributed by atoms with van der Waals surface area (Å²) in [5, 5.41) is 0.666. The highest BCUT2D eigenvalue weighted by molar-refractivity contribution is 5.79. The summed E-state index contributed by atoms with van der Waals surface area (Å²) in [6.07, 6.45) is 4.41. The van der Waals surface area contributed by atoms with Gasteiger partial charge in [0.15, 0.2) is 0 Å². The van der Waals surface area contributed by atoms with Gasteiger partial charge in [-0.2, -0.15) is 0 Å². The van der Waals surface area contributed by atoms with Crippen molar-refractivity contribution in [3.8, 4) is 11.4 Å². The average molecular weight is 293 g/mol. The van der Waals surface area contributed by atoms with Crippen LogP contribution in [0.1, 0.15) is 20.3 Å². The zero-order chi connectivity index (χ0) is 15.5. The molecule has 112 valence electrons. The SMILES string of the molecule is CC(C)CCn1c(-c2cccnc2)nc2ccccc2c1=O. The van der Waals surface area contributed by atoms with Gasteiger partial charge in [-0.25, -0.2) is 4.98 Å². The molecule has 0 aliphatic rings. The van der Waals surface area contributed by atoms with Gasteiger partial charge in [-0.1, -0.05) is 26.0 Å². The Bertz CT molecular complexity index is 838. The van der Waals surface area contributed by atoms with E-state index >= 15 is 0 Å². The molecule has 0 amide bonds. The number of benzene rings is 1. The third-order valence-corrected chi connectivity index (χ3v) is 3.71. The largest absolute Gasteiger partial charge is 0.292 e. The number of para-hydroxylation sites is 1. The van der Waals surface area contributed by atoms with E-state index in [0.717, 1.165) is 17.5 Å². The lowest BCUT2D eigenvalue weighted by Gasteiger charge is -2.14. The van der Waals surface area contributed by atoms with Crippen LogP contribution in [0.25, 0.3) is 22.3 Å². The summed E-state index contributed by atoms with van der Waals surface area (Å²) in [6.45, 7) is 4.98. The molecule has 22 heavy (non-hydrogen) atoms. The molecule has 0 aliphatic carbocycles. The minimum Gasteiger partial charge on any atom is -0.292 e. The Morgan fingerprint density at radius 2 is 1.95 bits per heavy atom. The molecule has 3 rings (SSSR count). The first kappa shape index (κ1) is 14.4. The lowest BCUT2D eigenvalue weighted by atomic mass is 10.1. The van der Waals surface area contributed by atoms with Crippen molar-refractivity contribution in [2.24, 2.45) is 5.92 Å². The van der Waals surface area contributed by atoms with Gasteiger partial charge in [-0.05, 0) is 36.6 Å². The zero-order valence-corrected chi connectivity index (χ0v) is 12.9. The number of rotatable bonds is 4. The Morgan fingerprint density at radius 3 is 2.68 bits per heavy atom. The molecule has 0 saturated heterocycles. The first-order valence-corrected chi connectivity index (χ1v) is 7.57. The van der Waals surface area contributed by atoms with Crippen molar-refractivity contribution in [1.82, 2.24) is 14.5 Å². The predicted molar refractivity (Wildman–Crippen MR) is 88.7 cm³/mol. The summed E-state index contributed by atoms with van der Waals surface area (Å²) in [5.74, 6) is 1.22. The Labute approximate surface area is 129 Å². The number of fused-ring (bicyclic) bond motifs is 1. The van der Waals surface area contributed by atoms with Crippen molar-refractivity contribution in [2.75, 3.05) is 0 Å². The van der Waals surface area contributed by atoms with Crippen LogP contribution in [0.5, 0.6) is 0 Å². The first-order chi connectivity index (χ1) is 10.7. The highest BCUT2D eigenvalue weighted by Gasteiger charge is 2.12. The maximum Gasteiger partial charge on any atom is 0.261 e. The van der Waals surface area contributed by atoms with Crippen LogP contribution in [0, 0.1) is 5.92 Å². The Hall–Kier alpha value is -2.49. The molecule has 0 atom stereocenters. The van der Waals surface area contributed by atoms with E-state index in [1.807, 2.05) is 36.4 Å². The fraction of sp³-hybridized carbons (Fsp3) is 0.278. The van der Waals surface area contributed by atoms with E-state index in [4.69, 9.17) is 4.98 Å². The molecule has 0 aliphatic heterocycles. The van der Waals surface area contributed by atoms with Crippen LogP contribution in [0.2, 0.25) is 0 Å². The summed E-state index contributed by atoms with van der Waals surface area (Å²) in [5.41, 5.74) is 1.62. The highest BCUT2D eigenvalue weighted by Crippen LogP contribution is 2.18. The second-order valence-corrected chi connectivity index (χ2v) is 5.83. The Kier molecular flexibility index (Phi) is 4.00. The molecular formula is C18H19N3O. The molecule has 0 N–H and O–H groups in total. The van der Waals surface area contributed by atoms with Crippen LogP contribution in [0.15, 0.2) is 53.6 Å². The van der Waals surface area contributed by atoms with Crippen molar-refractivity contribution in [3.63, 3.8) is 0 Å². The summed E-state index contributed by atoms with van der Waals surface area (Å²) in [4.78, 5) is 21.7. The number of pyridine rings is 1. The molecule has 1 aromatic carbocycles. The van der Waals surface area contributed by atoms with Crippen LogP contribution in [0.4, 0.5) is 0 Å². The molecule has 0 radical (unpaired) electrons. The molecule has 0 bridgehead atoms. The fourth-order valence-corrected chi connectivity index (χ4v) is 2.48. The molecule has 2 heterocycles. The van der Waals surface area contributed by atoms with E-state index in [-0.39, 0.29) is 5.56 Å². The van der Waals surface area contributed by atoms with E-state index in [9.17, 15) is 4.79 Å². The maximum absolute atomic E-state index is 12.8. The molecule has 3 aromatic rings. The number of aromatic nitrogens is 3. The summed E-state index contributed by atoms with van der Waals surface area (Å²) in [7, 11) is 0. The third kappa shape index (κ3) is 2.77. The zero-order valence-electron chi connectivity index (χ0n) is 12.9. The lowest BCUT2D eigenvalue weighted by molar-refractivity contribution is 0.509. The van der Waals surface area contributed by atoms with Gasteiger partial charge in [-0.15, -0.1) is 0 Å². The van der Waals surface area contributed by atoms with Crippen LogP contribution in [-0.4, -0.2) is 14.5 Å². The van der Waals surface area contributed by atoms with Gasteiger partial charge in [0.1, 0.15) is 5.82 Å². The van der Waals surface area contributed by atoms with Gasteiger partial charge in [0.25, 0.3) is 5.56 Å². The standard InChI is InChI=1S/C18H19N3O/c1-13(2)9-11-21-17(14-6-5-10-19-12-14)20-16-8-4-3-7-15(16)18(21)22/h3-8,10,12-13H,9,11H2,1-2H3. The molecule has 4 heteroatoms. The van der Waals surface area contributed by atoms with Gasteiger partial charge in [-0.3, -0.25) is 14.3 Å². The van der Waals surface area contributed by atoms with Crippen LogP contribution in [0.3, 0.4) is 0 Å². The van der Waals surface area contributed by atoms with Gasteiger partial charge in [0.2, 0.25) is 0 Å². The van der Waals surface area contributed by atoms with Crippen LogP contribution in [-0.2, 0) is 6.54 Å². The molecule has 0 unspecified atom stereocenters. The summed E-state index contributed by atoms with van der Waals surface area (Å²) < 4.78 is 1.78. The molecule has 2 aromatic heterocycles. The second kappa shape index (κ2) is 6.10. The summed E-state index contributed by atoms with van der Waals surface area (Å²) in [6, 6.07) is 11.3. The van der Waals surface area contributed by atoms with Crippen molar-refractivity contribution in [1.29, 1.82) is 0 Å². The van der Waals surface area contributed by atoms with Crippen molar-refractivity contribution in [2.45, 2.75) is 26.8 Å². The maximum atomic E-state index is 12.8. The number of hydrogen-bond donors (Lipinski definition) is 0. The van der Waals surface area contributed by atoms with E-state index < -0.39 is 0 Å². The van der Waals surface area contributed by atoms with Crippen molar-refractivity contribution in [3.05, 3.63) is 59.1 Å². The molecular weight excluding hydrogens is 274 g/mol. The smallest absolute Gasteiger partial charge is 0.261 e. The third-order valence-electron chi connectivity index (χ3n) is 3.71. The van der Waals surface area contributed by atoms with E-state index in [1.165, 1.54) is 0 Å². The quantitative estimate of drug-likeness (QED) is 0.739. The van der Waals surface area contributed by atoms with Crippen LogP contribution < -0.4 is 5.56 Å². The number of nitrogens with zero attached hydrogens (tertiary/aromatic N) is 3. The van der Waals surface area contributed by atoms with Gasteiger partial charge in [0, 0.05) is 24.5 Å². The van der Waals surface area contributed by atoms with E-state index in [1.54, 1.807) is 17.0 Å². The topological polar surface area (TPSA) is 47.8 Å². The lowest BCUT2D eigenvalue weighted by Crippen LogP contribution is -2.24. The van der Waals surface area contributed by atoms with Crippen molar-refractivity contribution >= 4 is 10.9 Å². The number of hydrogen-bond acceptors (Lipinski definition) is 3. The Balaban J connectivity index is 2.24. The fourth-order valence-electron chi connectivity index (χ4n) is 2.48. The average Bonchev–Trinajstić information content (AvgIpc) is 2.54. The second-order valence-electron chi connectivity index (χ2n) is 5.83. The molecule has 0 fully saturated rings. The minimum absolute atomic E-state index is 0.0186. The van der Waals surface area contributed by atoms with Gasteiger partial charge < -0.3 is 0 Å². The minimum atomic E-state index is 0.0186. The monoisotopic (exact) mass is 293 g/mol. The highest BCUT2D eigenvalue weighted by atomic mass is 16.1. The summed E-state index contributed by atoms with van der Waals surface area (Å²) >= 11 is 0. The molecule has 4 nitrogen and oxygen atoms in total. The molecule has 0 spiro atoms. The Morgan fingerprint density at radius 1 is 1.14 bits per heavy atom. The predicted octanol–water partition coefficient (Wildman–Crippen LogP) is 3.50. The van der Waals surface area contributed by atoms with E-state index in [2.05, 4.69) is 18.8 Å². The van der Waals surface area contributed by atoms with E-state index in [0.29, 0.717) is 23.7 Å².